The third-order valence-electron chi connectivity index (χ3n) is 5.39. The summed E-state index contributed by atoms with van der Waals surface area (Å²) in [4.78, 5) is 28.9. The van der Waals surface area contributed by atoms with E-state index in [0.717, 1.165) is 39.4 Å². The SMILES string of the molecule is Cc1cc(F)cc(C)c1CNc1cc(NC(=O)CNC(=O)OC(C)(C)C)cn2c(C)c(C)nc12. The van der Waals surface area contributed by atoms with E-state index in [1.165, 1.54) is 12.1 Å². The van der Waals surface area contributed by atoms with Crippen molar-refractivity contribution in [3.8, 4) is 0 Å². The van der Waals surface area contributed by atoms with Gasteiger partial charge in [-0.3, -0.25) is 4.79 Å². The fourth-order valence-electron chi connectivity index (χ4n) is 3.64. The van der Waals surface area contributed by atoms with Crippen molar-refractivity contribution in [1.82, 2.24) is 14.7 Å². The minimum Gasteiger partial charge on any atom is -0.444 e. The van der Waals surface area contributed by atoms with E-state index in [2.05, 4.69) is 20.9 Å². The van der Waals surface area contributed by atoms with Crippen molar-refractivity contribution in [2.24, 2.45) is 0 Å². The van der Waals surface area contributed by atoms with Crippen LogP contribution in [0.3, 0.4) is 0 Å². The van der Waals surface area contributed by atoms with Gasteiger partial charge >= 0.3 is 6.09 Å². The lowest BCUT2D eigenvalue weighted by molar-refractivity contribution is -0.115. The highest BCUT2D eigenvalue weighted by Crippen LogP contribution is 2.26. The Balaban J connectivity index is 1.81. The molecule has 0 fully saturated rings. The van der Waals surface area contributed by atoms with Crippen molar-refractivity contribution in [2.45, 2.75) is 60.6 Å². The van der Waals surface area contributed by atoms with Crippen LogP contribution in [-0.4, -0.2) is 33.5 Å². The summed E-state index contributed by atoms with van der Waals surface area (Å²) in [5.41, 5.74) is 5.85. The highest BCUT2D eigenvalue weighted by molar-refractivity contribution is 5.94. The molecule has 0 bridgehead atoms. The van der Waals surface area contributed by atoms with Gasteiger partial charge < -0.3 is 25.1 Å². The van der Waals surface area contributed by atoms with Crippen LogP contribution in [0.1, 0.15) is 48.8 Å². The van der Waals surface area contributed by atoms with Gasteiger partial charge in [0.1, 0.15) is 18.0 Å². The van der Waals surface area contributed by atoms with Crippen LogP contribution in [-0.2, 0) is 16.1 Å². The third-order valence-corrected chi connectivity index (χ3v) is 5.39. The monoisotopic (exact) mass is 469 g/mol. The molecular formula is C25H32FN5O3. The van der Waals surface area contributed by atoms with Crippen LogP contribution >= 0.6 is 0 Å². The van der Waals surface area contributed by atoms with Crippen LogP contribution in [0.15, 0.2) is 24.4 Å². The van der Waals surface area contributed by atoms with Crippen LogP contribution in [0.25, 0.3) is 5.65 Å². The smallest absolute Gasteiger partial charge is 0.408 e. The molecule has 0 saturated carbocycles. The van der Waals surface area contributed by atoms with E-state index in [9.17, 15) is 14.0 Å². The van der Waals surface area contributed by atoms with E-state index in [1.807, 2.05) is 32.1 Å². The normalized spacial score (nSPS) is 11.4. The lowest BCUT2D eigenvalue weighted by atomic mass is 10.0. The zero-order chi connectivity index (χ0) is 25.2. The Labute approximate surface area is 198 Å². The maximum absolute atomic E-state index is 13.7. The van der Waals surface area contributed by atoms with Crippen LogP contribution in [0.5, 0.6) is 0 Å². The van der Waals surface area contributed by atoms with Crippen molar-refractivity contribution in [1.29, 1.82) is 0 Å². The standard InChI is InChI=1S/C25H32FN5O3/c1-14-8-18(26)9-15(2)20(14)11-27-21-10-19(13-31-17(4)16(3)29-23(21)31)30-22(32)12-28-24(33)34-25(5,6)7/h8-10,13,27H,11-12H2,1-7H3,(H,28,33)(H,30,32). The number of halogens is 1. The van der Waals surface area contributed by atoms with Crippen molar-refractivity contribution in [3.63, 3.8) is 0 Å². The number of aryl methyl sites for hydroxylation is 4. The summed E-state index contributed by atoms with van der Waals surface area (Å²) in [5, 5.41) is 8.65. The van der Waals surface area contributed by atoms with E-state index < -0.39 is 17.6 Å². The van der Waals surface area contributed by atoms with Gasteiger partial charge in [0.05, 0.1) is 17.1 Å². The Hall–Kier alpha value is -3.62. The number of rotatable bonds is 6. The molecular weight excluding hydrogens is 437 g/mol. The molecule has 2 amide bonds. The van der Waals surface area contributed by atoms with Gasteiger partial charge in [0.2, 0.25) is 5.91 Å². The van der Waals surface area contributed by atoms with Crippen LogP contribution in [0.2, 0.25) is 0 Å². The molecule has 3 rings (SSSR count). The molecule has 0 saturated heterocycles. The average Bonchev–Trinajstić information content (AvgIpc) is 2.98. The number of hydrogen-bond acceptors (Lipinski definition) is 5. The zero-order valence-corrected chi connectivity index (χ0v) is 20.7. The quantitative estimate of drug-likeness (QED) is 0.483. The molecule has 0 aliphatic heterocycles. The number of hydrogen-bond donors (Lipinski definition) is 3. The number of imidazole rings is 1. The number of nitrogens with zero attached hydrogens (tertiary/aromatic N) is 2. The number of nitrogens with one attached hydrogen (secondary N) is 3. The van der Waals surface area contributed by atoms with Crippen molar-refractivity contribution >= 4 is 29.0 Å². The van der Waals surface area contributed by atoms with Gasteiger partial charge in [-0.25, -0.2) is 14.2 Å². The summed E-state index contributed by atoms with van der Waals surface area (Å²) < 4.78 is 20.7. The molecule has 0 aliphatic rings. The molecule has 182 valence electrons. The number of fused-ring (bicyclic) bond motifs is 1. The first-order valence-corrected chi connectivity index (χ1v) is 11.1. The molecule has 3 N–H and O–H groups in total. The Morgan fingerprint density at radius 1 is 1.09 bits per heavy atom. The number of alkyl carbamates (subject to hydrolysis) is 1. The number of ether oxygens (including phenoxy) is 1. The van der Waals surface area contributed by atoms with E-state index in [-0.39, 0.29) is 12.4 Å². The Kier molecular flexibility index (Phi) is 7.14. The van der Waals surface area contributed by atoms with Gasteiger partial charge in [-0.05, 0) is 83.4 Å². The van der Waals surface area contributed by atoms with E-state index in [0.29, 0.717) is 12.2 Å². The topological polar surface area (TPSA) is 96.8 Å². The number of carbonyl (C=O) groups is 2. The number of benzene rings is 1. The minimum atomic E-state index is -0.661. The maximum Gasteiger partial charge on any atom is 0.408 e. The van der Waals surface area contributed by atoms with Crippen molar-refractivity contribution in [2.75, 3.05) is 17.2 Å². The minimum absolute atomic E-state index is 0.231. The molecule has 0 aliphatic carbocycles. The molecule has 0 unspecified atom stereocenters. The lowest BCUT2D eigenvalue weighted by Crippen LogP contribution is -2.37. The molecule has 2 aromatic heterocycles. The van der Waals surface area contributed by atoms with Gasteiger partial charge in [-0.2, -0.15) is 0 Å². The number of anilines is 2. The number of pyridine rings is 1. The second-order valence-corrected chi connectivity index (χ2v) is 9.39. The highest BCUT2D eigenvalue weighted by Gasteiger charge is 2.17. The predicted octanol–water partition coefficient (Wildman–Crippen LogP) is 4.78. The maximum atomic E-state index is 13.7. The zero-order valence-electron chi connectivity index (χ0n) is 20.7. The fourth-order valence-corrected chi connectivity index (χ4v) is 3.64. The van der Waals surface area contributed by atoms with Crippen molar-refractivity contribution < 1.29 is 18.7 Å². The molecule has 8 nitrogen and oxygen atoms in total. The summed E-state index contributed by atoms with van der Waals surface area (Å²) in [6.07, 6.45) is 1.13. The second-order valence-electron chi connectivity index (χ2n) is 9.39. The van der Waals surface area contributed by atoms with Gasteiger partial charge in [0, 0.05) is 18.4 Å². The largest absolute Gasteiger partial charge is 0.444 e. The fraction of sp³-hybridized carbons (Fsp3) is 0.400. The summed E-state index contributed by atoms with van der Waals surface area (Å²) in [7, 11) is 0. The second kappa shape index (κ2) is 9.70. The first kappa shape index (κ1) is 25.0. The van der Waals surface area contributed by atoms with E-state index >= 15 is 0 Å². The first-order chi connectivity index (χ1) is 15.8. The van der Waals surface area contributed by atoms with Crippen molar-refractivity contribution in [3.05, 3.63) is 58.3 Å². The molecule has 9 heteroatoms. The van der Waals surface area contributed by atoms with Gasteiger partial charge in [0.25, 0.3) is 0 Å². The van der Waals surface area contributed by atoms with Gasteiger partial charge in [-0.15, -0.1) is 0 Å². The highest BCUT2D eigenvalue weighted by atomic mass is 19.1. The lowest BCUT2D eigenvalue weighted by Gasteiger charge is -2.19. The number of carbonyl (C=O) groups excluding carboxylic acids is 2. The number of aromatic nitrogens is 2. The predicted molar refractivity (Wildman–Crippen MR) is 131 cm³/mol. The van der Waals surface area contributed by atoms with Crippen LogP contribution in [0.4, 0.5) is 20.6 Å². The summed E-state index contributed by atoms with van der Waals surface area (Å²) in [6.45, 7) is 13.1. The Morgan fingerprint density at radius 2 is 1.74 bits per heavy atom. The summed E-state index contributed by atoms with van der Waals surface area (Å²) >= 11 is 0. The first-order valence-electron chi connectivity index (χ1n) is 11.1. The van der Waals surface area contributed by atoms with Crippen LogP contribution in [0, 0.1) is 33.5 Å². The summed E-state index contributed by atoms with van der Waals surface area (Å²) in [6, 6.07) is 4.82. The molecule has 0 atom stereocenters. The molecule has 1 aromatic carbocycles. The van der Waals surface area contributed by atoms with Gasteiger partial charge in [0.15, 0.2) is 5.65 Å². The average molecular weight is 470 g/mol. The molecule has 0 spiro atoms. The Bertz CT molecular complexity index is 1220. The molecule has 0 radical (unpaired) electrons. The van der Waals surface area contributed by atoms with Gasteiger partial charge in [-0.1, -0.05) is 0 Å². The summed E-state index contributed by atoms with van der Waals surface area (Å²) in [5.74, 6) is -0.652. The third kappa shape index (κ3) is 6.03. The molecule has 2 heterocycles. The molecule has 3 aromatic rings. The van der Waals surface area contributed by atoms with Crippen LogP contribution < -0.4 is 16.0 Å². The van der Waals surface area contributed by atoms with E-state index in [1.54, 1.807) is 33.0 Å². The number of amides is 2. The Morgan fingerprint density at radius 3 is 2.35 bits per heavy atom. The molecule has 34 heavy (non-hydrogen) atoms. The van der Waals surface area contributed by atoms with E-state index in [4.69, 9.17) is 4.74 Å².